The first kappa shape index (κ1) is 51.8. The SMILES string of the molecule is C[C@H]1c2c(cc(F)c(Cl)c2-c2c(C(N)=O)ccc(OCCO)c2F)O[C@]1(CNC1CCC(C(=O)N2CCC(N3CCC(c4c(F)cc5c(N6CCC(=O)NC6=O)nn(C)c5c4F)CC3)CC23CC3)CC1)c1ccccc1. The van der Waals surface area contributed by atoms with Crippen LogP contribution in [0.25, 0.3) is 22.0 Å². The Hall–Kier alpha value is -6.28. The van der Waals surface area contributed by atoms with Crippen LogP contribution in [0, 0.1) is 29.2 Å². The zero-order valence-corrected chi connectivity index (χ0v) is 43.2. The number of hydrogen-bond acceptors (Lipinski definition) is 10. The van der Waals surface area contributed by atoms with E-state index in [0.29, 0.717) is 50.9 Å². The lowest BCUT2D eigenvalue weighted by Gasteiger charge is -2.47. The van der Waals surface area contributed by atoms with E-state index in [0.717, 1.165) is 44.1 Å². The van der Waals surface area contributed by atoms with Crippen LogP contribution in [0.4, 0.5) is 28.2 Å². The van der Waals surface area contributed by atoms with E-state index in [9.17, 15) is 24.3 Å². The minimum Gasteiger partial charge on any atom is -0.488 e. The van der Waals surface area contributed by atoms with Crippen molar-refractivity contribution in [3.05, 3.63) is 105 Å². The number of nitrogens with one attached hydrogen (secondary N) is 2. The van der Waals surface area contributed by atoms with Crippen molar-refractivity contribution in [2.75, 3.05) is 50.8 Å². The largest absolute Gasteiger partial charge is 0.488 e. The van der Waals surface area contributed by atoms with Gasteiger partial charge in [-0.25, -0.2) is 22.4 Å². The topological polar surface area (TPSA) is 185 Å². The number of halogens is 5. The minimum atomic E-state index is -1.14. The van der Waals surface area contributed by atoms with Crippen LogP contribution in [0.15, 0.2) is 54.6 Å². The van der Waals surface area contributed by atoms with Crippen molar-refractivity contribution in [1.29, 1.82) is 0 Å². The Morgan fingerprint density at radius 1 is 0.921 bits per heavy atom. The second-order valence-electron chi connectivity index (χ2n) is 21.6. The van der Waals surface area contributed by atoms with Gasteiger partial charge in [-0.05, 0) is 107 Å². The number of carbonyl (C=O) groups excluding carboxylic acids is 4. The molecule has 0 bridgehead atoms. The van der Waals surface area contributed by atoms with Gasteiger partial charge in [0.1, 0.15) is 29.5 Å². The molecule has 5 aromatic rings. The molecule has 2 aliphatic carbocycles. The van der Waals surface area contributed by atoms with Gasteiger partial charge in [-0.1, -0.05) is 48.9 Å². The number of hydrogen-bond donors (Lipinski definition) is 4. The second kappa shape index (κ2) is 20.3. The van der Waals surface area contributed by atoms with Crippen LogP contribution >= 0.6 is 11.6 Å². The third-order valence-electron chi connectivity index (χ3n) is 17.4. The number of ether oxygens (including phenoxy) is 2. The fraction of sp³-hybridized carbons (Fsp3) is 0.482. The Morgan fingerprint density at radius 3 is 2.34 bits per heavy atom. The first-order valence-electron chi connectivity index (χ1n) is 26.4. The number of primary amides is 1. The maximum Gasteiger partial charge on any atom is 0.329 e. The first-order chi connectivity index (χ1) is 36.5. The fourth-order valence-electron chi connectivity index (χ4n) is 13.2. The molecule has 5 fully saturated rings. The zero-order chi connectivity index (χ0) is 53.4. The number of aliphatic hydroxyl groups is 1. The van der Waals surface area contributed by atoms with Crippen LogP contribution in [0.2, 0.25) is 5.02 Å². The van der Waals surface area contributed by atoms with Crippen LogP contribution in [0.1, 0.15) is 116 Å². The van der Waals surface area contributed by atoms with Gasteiger partial charge in [0, 0.05) is 90.9 Å². The normalized spacial score (nSPS) is 24.7. The lowest BCUT2D eigenvalue weighted by molar-refractivity contribution is -0.143. The number of aryl methyl sites for hydroxylation is 1. The van der Waals surface area contributed by atoms with Crippen molar-refractivity contribution in [3.8, 4) is 22.6 Å². The molecule has 4 aliphatic heterocycles. The van der Waals surface area contributed by atoms with Gasteiger partial charge in [0.25, 0.3) is 0 Å². The number of anilines is 1. The summed E-state index contributed by atoms with van der Waals surface area (Å²) in [5.74, 6) is -5.49. The predicted octanol–water partition coefficient (Wildman–Crippen LogP) is 8.31. The van der Waals surface area contributed by atoms with Gasteiger partial charge in [0.15, 0.2) is 28.8 Å². The van der Waals surface area contributed by atoms with Gasteiger partial charge >= 0.3 is 6.03 Å². The quantitative estimate of drug-likeness (QED) is 0.0837. The molecule has 6 aliphatic rings. The summed E-state index contributed by atoms with van der Waals surface area (Å²) in [6, 6.07) is 14.0. The smallest absolute Gasteiger partial charge is 0.329 e. The predicted molar refractivity (Wildman–Crippen MR) is 275 cm³/mol. The van der Waals surface area contributed by atoms with E-state index in [2.05, 4.69) is 25.5 Å². The monoisotopic (exact) mass is 1070 g/mol. The van der Waals surface area contributed by atoms with Gasteiger partial charge in [-0.15, -0.1) is 0 Å². The number of fused-ring (bicyclic) bond motifs is 2. The summed E-state index contributed by atoms with van der Waals surface area (Å²) < 4.78 is 78.4. The average molecular weight is 1070 g/mol. The lowest BCUT2D eigenvalue weighted by Crippen LogP contribution is -2.56. The Kier molecular flexibility index (Phi) is 13.8. The van der Waals surface area contributed by atoms with E-state index < -0.39 is 64.3 Å². The highest BCUT2D eigenvalue weighted by molar-refractivity contribution is 6.34. The molecule has 15 nitrogen and oxygen atoms in total. The van der Waals surface area contributed by atoms with Crippen molar-refractivity contribution in [3.63, 3.8) is 0 Å². The molecule has 2 saturated carbocycles. The number of urea groups is 1. The standard InChI is InChI=1S/C56H61ClF4N8O7/c1-30-43-41(27-39(59)47(57)46(43)45-36(51(62)72)12-13-40(48(45)60)75-25-24-70)76-56(30,33-6-4-3-5-7-33)29-63-34-10-8-32(9-11-34)53(73)69-23-16-35(28-55(69)18-19-55)67-20-14-31(15-21-67)44-38(58)26-37-50(49(44)61)66(2)65-52(37)68-22-17-42(71)64-54(68)74/h3-7,12-13,26-27,30-32,34-35,63,70H,8-11,14-25,28-29H2,1-2H3,(H2,62,72)(H,64,71,74)/t30-,32?,34?,35?,56-/m0/s1. The van der Waals surface area contributed by atoms with E-state index in [1.807, 2.05) is 37.3 Å². The van der Waals surface area contributed by atoms with Crippen LogP contribution in [-0.2, 0) is 22.2 Å². The molecule has 5 amide bonds. The third kappa shape index (κ3) is 8.93. The number of imide groups is 1. The summed E-state index contributed by atoms with van der Waals surface area (Å²) in [6.45, 7) is 3.59. The highest BCUT2D eigenvalue weighted by atomic mass is 35.5. The number of aliphatic hydroxyl groups excluding tert-OH is 1. The maximum atomic E-state index is 16.5. The summed E-state index contributed by atoms with van der Waals surface area (Å²) in [6.07, 6.45) is 7.60. The highest BCUT2D eigenvalue weighted by Gasteiger charge is 2.56. The summed E-state index contributed by atoms with van der Waals surface area (Å²) >= 11 is 6.74. The Morgan fingerprint density at radius 2 is 1.66 bits per heavy atom. The number of nitrogens with two attached hydrogens (primary N) is 1. The molecule has 76 heavy (non-hydrogen) atoms. The van der Waals surface area contributed by atoms with Crippen LogP contribution in [0.3, 0.4) is 0 Å². The Balaban J connectivity index is 0.733. The minimum absolute atomic E-state index is 0.0214. The zero-order valence-electron chi connectivity index (χ0n) is 42.4. The van der Waals surface area contributed by atoms with Crippen molar-refractivity contribution >= 4 is 52.1 Å². The molecule has 5 N–H and O–H groups in total. The van der Waals surface area contributed by atoms with E-state index in [1.54, 1.807) is 7.05 Å². The summed E-state index contributed by atoms with van der Waals surface area (Å²) in [4.78, 5) is 57.5. The van der Waals surface area contributed by atoms with E-state index in [-0.39, 0.29) is 112 Å². The van der Waals surface area contributed by atoms with Crippen molar-refractivity contribution in [1.82, 2.24) is 30.2 Å². The number of likely N-dealkylation sites (tertiary alicyclic amines) is 2. The first-order valence-corrected chi connectivity index (χ1v) is 26.8. The number of nitrogens with zero attached hydrogens (tertiary/aromatic N) is 5. The fourth-order valence-corrected chi connectivity index (χ4v) is 13.5. The van der Waals surface area contributed by atoms with Crippen LogP contribution in [0.5, 0.6) is 11.5 Å². The molecule has 1 unspecified atom stereocenters. The molecule has 3 saturated heterocycles. The Bertz CT molecular complexity index is 3140. The molecular weight excluding hydrogens is 1010 g/mol. The summed E-state index contributed by atoms with van der Waals surface area (Å²) in [5.41, 5.74) is 5.13. The van der Waals surface area contributed by atoms with Crippen LogP contribution in [-0.4, -0.2) is 112 Å². The summed E-state index contributed by atoms with van der Waals surface area (Å²) in [5, 5.41) is 19.5. The Labute approximate surface area is 442 Å². The molecule has 402 valence electrons. The number of amides is 5. The number of carbonyl (C=O) groups is 4. The maximum absolute atomic E-state index is 16.5. The third-order valence-corrected chi connectivity index (χ3v) is 17.7. The lowest BCUT2D eigenvalue weighted by atomic mass is 9.77. The number of piperidine rings is 2. The molecule has 5 heterocycles. The molecular formula is C56H61ClF4N8O7. The van der Waals surface area contributed by atoms with E-state index in [4.69, 9.17) is 26.8 Å². The van der Waals surface area contributed by atoms with Crippen molar-refractivity contribution < 1.29 is 51.3 Å². The van der Waals surface area contributed by atoms with Crippen LogP contribution < -0.4 is 30.7 Å². The highest BCUT2D eigenvalue weighted by Crippen LogP contribution is 2.57. The number of benzene rings is 4. The molecule has 20 heteroatoms. The molecule has 3 atom stereocenters. The van der Waals surface area contributed by atoms with Crippen molar-refractivity contribution in [2.45, 2.75) is 113 Å². The van der Waals surface area contributed by atoms with Gasteiger partial charge in [-0.3, -0.25) is 29.3 Å². The van der Waals surface area contributed by atoms with Crippen molar-refractivity contribution in [2.24, 2.45) is 18.7 Å². The molecule has 1 spiro atoms. The van der Waals surface area contributed by atoms with Gasteiger partial charge in [0.05, 0.1) is 22.6 Å². The molecule has 4 aromatic carbocycles. The second-order valence-corrected chi connectivity index (χ2v) is 21.9. The number of rotatable bonds is 13. The molecule has 11 rings (SSSR count). The number of aromatic nitrogens is 2. The summed E-state index contributed by atoms with van der Waals surface area (Å²) in [7, 11) is 1.56. The van der Waals surface area contributed by atoms with Gasteiger partial charge in [0.2, 0.25) is 17.7 Å². The average Bonchev–Trinajstić information content (AvgIpc) is 4.01. The molecule has 0 radical (unpaired) electrons. The van der Waals surface area contributed by atoms with E-state index in [1.165, 1.54) is 33.8 Å². The van der Waals surface area contributed by atoms with E-state index >= 15 is 17.6 Å². The van der Waals surface area contributed by atoms with Gasteiger partial charge < -0.3 is 35.4 Å². The molecule has 1 aromatic heterocycles. The van der Waals surface area contributed by atoms with Gasteiger partial charge in [-0.2, -0.15) is 5.10 Å².